The molecule has 0 saturated heterocycles. The van der Waals surface area contributed by atoms with Crippen LogP contribution in [0.4, 0.5) is 8.78 Å². The van der Waals surface area contributed by atoms with Crippen molar-refractivity contribution in [2.24, 2.45) is 0 Å². The molecular weight excluding hydrogens is 202 g/mol. The van der Waals surface area contributed by atoms with Gasteiger partial charge < -0.3 is 5.11 Å². The number of hydrogen-bond donors (Lipinski definition) is 1. The summed E-state index contributed by atoms with van der Waals surface area (Å²) in [4.78, 5) is 10.8. The molecule has 0 radical (unpaired) electrons. The van der Waals surface area contributed by atoms with Crippen LogP contribution in [0.25, 0.3) is 5.57 Å². The van der Waals surface area contributed by atoms with E-state index in [-0.39, 0.29) is 11.1 Å². The van der Waals surface area contributed by atoms with E-state index < -0.39 is 17.6 Å². The molecule has 0 bridgehead atoms. The third-order valence-electron chi connectivity index (χ3n) is 1.87. The highest BCUT2D eigenvalue weighted by molar-refractivity contribution is 6.15. The molecule has 0 aliphatic carbocycles. The zero-order valence-corrected chi connectivity index (χ0v) is 8.13. The molecule has 1 N–H and O–H groups in total. The first-order valence-corrected chi connectivity index (χ1v) is 4.45. The normalized spacial score (nSPS) is 11.5. The molecule has 1 aromatic rings. The number of carboxylic acid groups (broad SMARTS) is 1. The summed E-state index contributed by atoms with van der Waals surface area (Å²) in [6, 6.07) is 3.04. The maximum atomic E-state index is 12.8. The van der Waals surface area contributed by atoms with Crippen molar-refractivity contribution in [2.45, 2.75) is 13.3 Å². The van der Waals surface area contributed by atoms with Crippen LogP contribution < -0.4 is 0 Å². The minimum atomic E-state index is -1.15. The lowest BCUT2D eigenvalue weighted by Gasteiger charge is -2.02. The Morgan fingerprint density at radius 3 is 2.53 bits per heavy atom. The van der Waals surface area contributed by atoms with Gasteiger partial charge in [0.15, 0.2) is 11.6 Å². The summed E-state index contributed by atoms with van der Waals surface area (Å²) in [6.45, 7) is 1.77. The van der Waals surface area contributed by atoms with Crippen LogP contribution in [0.2, 0.25) is 0 Å². The monoisotopic (exact) mass is 212 g/mol. The summed E-state index contributed by atoms with van der Waals surface area (Å²) in [5.41, 5.74) is 0.152. The molecule has 0 fully saturated rings. The number of hydrogen-bond acceptors (Lipinski definition) is 1. The average molecular weight is 212 g/mol. The van der Waals surface area contributed by atoms with Gasteiger partial charge in [0.05, 0.1) is 5.57 Å². The molecule has 15 heavy (non-hydrogen) atoms. The van der Waals surface area contributed by atoms with Crippen LogP contribution in [0.3, 0.4) is 0 Å². The maximum Gasteiger partial charge on any atom is 0.335 e. The molecule has 0 atom stereocenters. The Bertz CT molecular complexity index is 411. The summed E-state index contributed by atoms with van der Waals surface area (Å²) < 4.78 is 25.5. The van der Waals surface area contributed by atoms with Crippen LogP contribution in [0.5, 0.6) is 0 Å². The van der Waals surface area contributed by atoms with E-state index >= 15 is 0 Å². The Hall–Kier alpha value is -1.71. The Morgan fingerprint density at radius 1 is 1.40 bits per heavy atom. The van der Waals surface area contributed by atoms with Crippen molar-refractivity contribution in [1.29, 1.82) is 0 Å². The zero-order chi connectivity index (χ0) is 11.4. The van der Waals surface area contributed by atoms with Gasteiger partial charge in [-0.2, -0.15) is 0 Å². The molecule has 2 nitrogen and oxygen atoms in total. The number of carbonyl (C=O) groups is 1. The van der Waals surface area contributed by atoms with Crippen molar-refractivity contribution in [3.63, 3.8) is 0 Å². The molecule has 80 valence electrons. The lowest BCUT2D eigenvalue weighted by atomic mass is 10.0. The first-order valence-electron chi connectivity index (χ1n) is 4.45. The predicted octanol–water partition coefficient (Wildman–Crippen LogP) is 2.84. The first kappa shape index (κ1) is 11.4. The van der Waals surface area contributed by atoms with E-state index in [1.165, 1.54) is 12.1 Å². The summed E-state index contributed by atoms with van der Waals surface area (Å²) in [7, 11) is 0. The summed E-state index contributed by atoms with van der Waals surface area (Å²) in [6.07, 6.45) is 1.97. The topological polar surface area (TPSA) is 37.3 Å². The molecule has 0 aromatic heterocycles. The minimum absolute atomic E-state index is 0.0172. The van der Waals surface area contributed by atoms with E-state index in [1.54, 1.807) is 6.92 Å². The highest BCUT2D eigenvalue weighted by atomic mass is 19.2. The molecule has 0 aliphatic heterocycles. The zero-order valence-electron chi connectivity index (χ0n) is 8.13. The van der Waals surface area contributed by atoms with E-state index in [1.807, 2.05) is 0 Å². The lowest BCUT2D eigenvalue weighted by molar-refractivity contribution is -0.130. The van der Waals surface area contributed by atoms with E-state index in [9.17, 15) is 13.6 Å². The van der Waals surface area contributed by atoms with E-state index in [2.05, 4.69) is 0 Å². The highest BCUT2D eigenvalue weighted by Crippen LogP contribution is 2.18. The van der Waals surface area contributed by atoms with Gasteiger partial charge in [-0.3, -0.25) is 0 Å². The fraction of sp³-hybridized carbons (Fsp3) is 0.182. The third-order valence-corrected chi connectivity index (χ3v) is 1.87. The van der Waals surface area contributed by atoms with Crippen LogP contribution in [0, 0.1) is 11.6 Å². The average Bonchev–Trinajstić information content (AvgIpc) is 2.18. The summed E-state index contributed by atoms with van der Waals surface area (Å²) in [5, 5.41) is 8.83. The number of allylic oxidation sites excluding steroid dienone is 1. The summed E-state index contributed by atoms with van der Waals surface area (Å²) in [5.74, 6) is -3.18. The van der Waals surface area contributed by atoms with E-state index in [4.69, 9.17) is 5.11 Å². The van der Waals surface area contributed by atoms with Gasteiger partial charge in [0.25, 0.3) is 0 Å². The first-order chi connectivity index (χ1) is 7.06. The van der Waals surface area contributed by atoms with Crippen LogP contribution in [-0.2, 0) is 4.79 Å². The highest BCUT2D eigenvalue weighted by Gasteiger charge is 2.11. The second kappa shape index (κ2) is 4.68. The van der Waals surface area contributed by atoms with Crippen molar-refractivity contribution in [3.8, 4) is 0 Å². The molecule has 0 heterocycles. The van der Waals surface area contributed by atoms with Gasteiger partial charge >= 0.3 is 5.97 Å². The molecule has 0 saturated carbocycles. The Balaban J connectivity index is 3.19. The van der Waals surface area contributed by atoms with E-state index in [0.717, 1.165) is 12.1 Å². The van der Waals surface area contributed by atoms with Gasteiger partial charge in [-0.25, -0.2) is 13.6 Å². The molecule has 0 amide bonds. The predicted molar refractivity (Wildman–Crippen MR) is 52.3 cm³/mol. The van der Waals surface area contributed by atoms with Gasteiger partial charge in [0.2, 0.25) is 0 Å². The second-order valence-electron chi connectivity index (χ2n) is 2.96. The molecule has 0 spiro atoms. The van der Waals surface area contributed by atoms with Gasteiger partial charge in [-0.15, -0.1) is 0 Å². The molecule has 1 rings (SSSR count). The van der Waals surface area contributed by atoms with Crippen LogP contribution >= 0.6 is 0 Å². The van der Waals surface area contributed by atoms with Crippen molar-refractivity contribution in [2.75, 3.05) is 0 Å². The Kier molecular flexibility index (Phi) is 3.55. The number of halogens is 2. The van der Waals surface area contributed by atoms with Crippen LogP contribution in [0.1, 0.15) is 18.9 Å². The molecule has 0 unspecified atom stereocenters. The smallest absolute Gasteiger partial charge is 0.335 e. The third kappa shape index (κ3) is 2.62. The Morgan fingerprint density at radius 2 is 2.07 bits per heavy atom. The fourth-order valence-electron chi connectivity index (χ4n) is 1.20. The second-order valence-corrected chi connectivity index (χ2v) is 2.96. The molecule has 4 heteroatoms. The lowest BCUT2D eigenvalue weighted by Crippen LogP contribution is -2.00. The van der Waals surface area contributed by atoms with Crippen molar-refractivity contribution in [1.82, 2.24) is 0 Å². The molecule has 0 aliphatic rings. The fourth-order valence-corrected chi connectivity index (χ4v) is 1.20. The quantitative estimate of drug-likeness (QED) is 0.782. The van der Waals surface area contributed by atoms with Gasteiger partial charge in [0, 0.05) is 0 Å². The van der Waals surface area contributed by atoms with Crippen LogP contribution in [0.15, 0.2) is 24.3 Å². The van der Waals surface area contributed by atoms with Gasteiger partial charge in [-0.05, 0) is 24.1 Å². The SMILES string of the molecule is CC/C=C(/C(=O)O)c1ccc(F)c(F)c1. The van der Waals surface area contributed by atoms with Gasteiger partial charge in [0.1, 0.15) is 0 Å². The van der Waals surface area contributed by atoms with Gasteiger partial charge in [-0.1, -0.05) is 19.1 Å². The summed E-state index contributed by atoms with van der Waals surface area (Å²) >= 11 is 0. The maximum absolute atomic E-state index is 12.8. The minimum Gasteiger partial charge on any atom is -0.478 e. The van der Waals surface area contributed by atoms with Crippen molar-refractivity contribution in [3.05, 3.63) is 41.5 Å². The Labute approximate surface area is 85.9 Å². The molecule has 1 aromatic carbocycles. The molecular formula is C11H10F2O2. The largest absolute Gasteiger partial charge is 0.478 e. The number of carboxylic acids is 1. The van der Waals surface area contributed by atoms with Crippen molar-refractivity contribution < 1.29 is 18.7 Å². The standard InChI is InChI=1S/C11H10F2O2/c1-2-3-8(11(14)15)7-4-5-9(12)10(13)6-7/h3-6H,2H2,1H3,(H,14,15)/b8-3+. The van der Waals surface area contributed by atoms with E-state index in [0.29, 0.717) is 6.42 Å². The number of benzene rings is 1. The van der Waals surface area contributed by atoms with Crippen LogP contribution in [-0.4, -0.2) is 11.1 Å². The van der Waals surface area contributed by atoms with Crippen molar-refractivity contribution >= 4 is 11.5 Å². The number of aliphatic carboxylic acids is 1. The number of rotatable bonds is 3.